The Morgan fingerprint density at radius 3 is 1.24 bits per heavy atom. The molecule has 1 unspecified atom stereocenters. The predicted molar refractivity (Wildman–Crippen MR) is 240 cm³/mol. The Balaban J connectivity index is 3.76. The van der Waals surface area contributed by atoms with Crippen LogP contribution in [-0.2, 0) is 63.6 Å². The topological polar surface area (TPSA) is 169 Å². The van der Waals surface area contributed by atoms with E-state index in [2.05, 4.69) is 0 Å². The highest BCUT2D eigenvalue weighted by Gasteiger charge is 2.32. The molecule has 0 saturated carbocycles. The summed E-state index contributed by atoms with van der Waals surface area (Å²) >= 11 is 0. The van der Waals surface area contributed by atoms with Gasteiger partial charge < -0.3 is 37.9 Å². The van der Waals surface area contributed by atoms with Gasteiger partial charge in [0.1, 0.15) is 40.4 Å². The van der Waals surface area contributed by atoms with E-state index in [1.807, 2.05) is 36.1 Å². The lowest BCUT2D eigenvalue weighted by Gasteiger charge is -2.37. The zero-order valence-corrected chi connectivity index (χ0v) is 41.4. The lowest BCUT2D eigenvalue weighted by Crippen LogP contribution is -2.53. The summed E-state index contributed by atoms with van der Waals surface area (Å²) in [4.78, 5) is 72.0. The summed E-state index contributed by atoms with van der Waals surface area (Å²) < 4.78 is 45.2. The van der Waals surface area contributed by atoms with Gasteiger partial charge in [-0.3, -0.25) is 38.7 Å². The smallest absolute Gasteiger partial charge is 0.320 e. The van der Waals surface area contributed by atoms with E-state index in [9.17, 15) is 24.0 Å². The molecule has 0 spiro atoms. The monoisotopic (exact) mass is 896 g/mol. The van der Waals surface area contributed by atoms with Crippen LogP contribution >= 0.6 is 0 Å². The number of rotatable bonds is 26. The van der Waals surface area contributed by atoms with Crippen molar-refractivity contribution < 1.29 is 61.9 Å². The van der Waals surface area contributed by atoms with Crippen LogP contribution in [0.15, 0.2) is 24.3 Å². The molecular formula is C47H81N3O13. The van der Waals surface area contributed by atoms with Gasteiger partial charge in [0.15, 0.2) is 0 Å². The first-order valence-corrected chi connectivity index (χ1v) is 22.0. The Labute approximate surface area is 377 Å². The summed E-state index contributed by atoms with van der Waals surface area (Å²) in [6.45, 7) is 29.9. The fourth-order valence-electron chi connectivity index (χ4n) is 6.01. The molecule has 0 bridgehead atoms. The number of hydrogen-bond acceptors (Lipinski definition) is 16. The highest BCUT2D eigenvalue weighted by Crippen LogP contribution is 2.19. The average Bonchev–Trinajstić information content (AvgIpc) is 3.05. The van der Waals surface area contributed by atoms with Gasteiger partial charge in [-0.25, -0.2) is 0 Å². The van der Waals surface area contributed by atoms with Gasteiger partial charge >= 0.3 is 29.8 Å². The highest BCUT2D eigenvalue weighted by atomic mass is 16.6. The molecule has 0 aromatic heterocycles. The van der Waals surface area contributed by atoms with Crippen molar-refractivity contribution in [2.24, 2.45) is 0 Å². The van der Waals surface area contributed by atoms with Crippen LogP contribution in [0.25, 0.3) is 0 Å². The van der Waals surface area contributed by atoms with Crippen molar-refractivity contribution in [3.05, 3.63) is 29.8 Å². The Morgan fingerprint density at radius 2 is 0.841 bits per heavy atom. The number of carbonyl (C=O) groups is 5. The van der Waals surface area contributed by atoms with E-state index in [4.69, 9.17) is 37.9 Å². The molecule has 0 fully saturated rings. The molecule has 16 heteroatoms. The second kappa shape index (κ2) is 26.2. The Morgan fingerprint density at radius 1 is 0.476 bits per heavy atom. The molecule has 362 valence electrons. The van der Waals surface area contributed by atoms with Gasteiger partial charge in [-0.2, -0.15) is 0 Å². The Bertz CT molecular complexity index is 1490. The van der Waals surface area contributed by atoms with Crippen LogP contribution in [0.4, 0.5) is 0 Å². The zero-order valence-electron chi connectivity index (χ0n) is 41.4. The van der Waals surface area contributed by atoms with Gasteiger partial charge in [0, 0.05) is 32.3 Å². The van der Waals surface area contributed by atoms with E-state index in [1.165, 1.54) is 0 Å². The van der Waals surface area contributed by atoms with E-state index in [0.29, 0.717) is 45.2 Å². The summed E-state index contributed by atoms with van der Waals surface area (Å²) in [5.74, 6) is -2.06. The molecule has 0 heterocycles. The first kappa shape index (κ1) is 57.2. The summed E-state index contributed by atoms with van der Waals surface area (Å²) in [6, 6.07) is 6.94. The van der Waals surface area contributed by atoms with Crippen molar-refractivity contribution in [1.29, 1.82) is 0 Å². The van der Waals surface area contributed by atoms with Gasteiger partial charge in [-0.1, -0.05) is 12.1 Å². The number of benzene rings is 1. The van der Waals surface area contributed by atoms with Crippen LogP contribution in [0, 0.1) is 0 Å². The zero-order chi connectivity index (χ0) is 48.2. The first-order chi connectivity index (χ1) is 28.8. The van der Waals surface area contributed by atoms with Crippen molar-refractivity contribution in [2.75, 3.05) is 85.4 Å². The summed E-state index contributed by atoms with van der Waals surface area (Å²) in [6.07, 6.45) is 0.334. The lowest BCUT2D eigenvalue weighted by atomic mass is 10.0. The quantitative estimate of drug-likeness (QED) is 0.0636. The van der Waals surface area contributed by atoms with Crippen molar-refractivity contribution >= 4 is 29.8 Å². The molecule has 1 aromatic rings. The summed E-state index contributed by atoms with van der Waals surface area (Å²) in [5, 5.41) is 0. The van der Waals surface area contributed by atoms with Crippen LogP contribution in [0.1, 0.15) is 116 Å². The summed E-state index contributed by atoms with van der Waals surface area (Å²) in [7, 11) is 0. The maximum atomic E-state index is 13.7. The molecule has 1 rings (SSSR count). The standard InChI is InChI=1S/C47H81N3O13/c1-17-56-24-25-57-26-27-58-37-20-18-35(19-21-37)28-36(29-49(32-40(53)61-45(8,9)10)33-41(54)62-46(11,12)13)50(34-42(55)63-47(14,15)16)23-22-48(30-38(51)59-43(2,3)4)31-39(52)60-44(5,6)7/h18-21,36H,17,22-34H2,1-16H3. The second-order valence-corrected chi connectivity index (χ2v) is 20.4. The molecule has 63 heavy (non-hydrogen) atoms. The van der Waals surface area contributed by atoms with Crippen molar-refractivity contribution in [1.82, 2.24) is 14.7 Å². The van der Waals surface area contributed by atoms with Crippen LogP contribution in [0.3, 0.4) is 0 Å². The summed E-state index contributed by atoms with van der Waals surface area (Å²) in [5.41, 5.74) is -3.06. The van der Waals surface area contributed by atoms with E-state index in [-0.39, 0.29) is 52.4 Å². The maximum absolute atomic E-state index is 13.7. The normalized spacial score (nSPS) is 13.2. The van der Waals surface area contributed by atoms with Crippen LogP contribution in [-0.4, -0.2) is 164 Å². The maximum Gasteiger partial charge on any atom is 0.320 e. The number of nitrogens with zero attached hydrogens (tertiary/aromatic N) is 3. The number of hydrogen-bond donors (Lipinski definition) is 0. The van der Waals surface area contributed by atoms with Crippen LogP contribution < -0.4 is 4.74 Å². The second-order valence-electron chi connectivity index (χ2n) is 20.4. The Kier molecular flexibility index (Phi) is 23.8. The fraction of sp³-hybridized carbons (Fsp3) is 0.766. The van der Waals surface area contributed by atoms with Crippen molar-refractivity contribution in [3.63, 3.8) is 0 Å². The number of carbonyl (C=O) groups excluding carboxylic acids is 5. The van der Waals surface area contributed by atoms with Gasteiger partial charge in [0.05, 0.1) is 52.5 Å². The number of ether oxygens (including phenoxy) is 8. The third kappa shape index (κ3) is 30.8. The molecule has 1 aromatic carbocycles. The molecule has 0 radical (unpaired) electrons. The van der Waals surface area contributed by atoms with E-state index < -0.39 is 63.9 Å². The third-order valence-corrected chi connectivity index (χ3v) is 8.00. The van der Waals surface area contributed by atoms with Crippen molar-refractivity contribution in [2.45, 2.75) is 151 Å². The van der Waals surface area contributed by atoms with E-state index in [1.54, 1.807) is 114 Å². The fourth-order valence-corrected chi connectivity index (χ4v) is 6.01. The van der Waals surface area contributed by atoms with Gasteiger partial charge in [0.2, 0.25) is 0 Å². The van der Waals surface area contributed by atoms with E-state index >= 15 is 0 Å². The van der Waals surface area contributed by atoms with Crippen molar-refractivity contribution in [3.8, 4) is 5.75 Å². The molecule has 0 aliphatic carbocycles. The first-order valence-electron chi connectivity index (χ1n) is 22.0. The largest absolute Gasteiger partial charge is 0.491 e. The third-order valence-electron chi connectivity index (χ3n) is 8.00. The van der Waals surface area contributed by atoms with Gasteiger partial charge in [0.25, 0.3) is 0 Å². The van der Waals surface area contributed by atoms with Gasteiger partial charge in [-0.05, 0) is 135 Å². The molecule has 0 aliphatic rings. The Hall–Kier alpha value is -3.83. The molecule has 0 aliphatic heterocycles. The van der Waals surface area contributed by atoms with Crippen LogP contribution in [0.2, 0.25) is 0 Å². The minimum atomic E-state index is -0.804. The van der Waals surface area contributed by atoms with Gasteiger partial charge in [-0.15, -0.1) is 0 Å². The minimum absolute atomic E-state index is 0.0940. The predicted octanol–water partition coefficient (Wildman–Crippen LogP) is 5.64. The number of esters is 5. The average molecular weight is 896 g/mol. The molecule has 0 N–H and O–H groups in total. The molecule has 16 nitrogen and oxygen atoms in total. The minimum Gasteiger partial charge on any atom is -0.491 e. The molecule has 0 saturated heterocycles. The lowest BCUT2D eigenvalue weighted by molar-refractivity contribution is -0.162. The molecular weight excluding hydrogens is 815 g/mol. The SMILES string of the molecule is CCOCCOCCOc1ccc(CC(CN(CC(=O)OC(C)(C)C)CC(=O)OC(C)(C)C)N(CCN(CC(=O)OC(C)(C)C)CC(=O)OC(C)(C)C)CC(=O)OC(C)(C)C)cc1. The van der Waals surface area contributed by atoms with E-state index in [0.717, 1.165) is 5.56 Å². The molecule has 0 amide bonds. The highest BCUT2D eigenvalue weighted by molar-refractivity contribution is 5.76. The molecule has 1 atom stereocenters. The van der Waals surface area contributed by atoms with Crippen LogP contribution in [0.5, 0.6) is 5.75 Å².